The number of aromatic nitrogens is 1. The van der Waals surface area contributed by atoms with E-state index in [9.17, 15) is 13.2 Å². The Morgan fingerprint density at radius 2 is 2.09 bits per heavy atom. The van der Waals surface area contributed by atoms with Gasteiger partial charge in [0.05, 0.1) is 22.5 Å². The standard InChI is InChI=1S/C14H13ClN2O4S/c1-22(19,20)17-9-4-5-10(12(15)6-9)14(18)11-7-21-16-13(11)8-2-3-8/h4-8,17H,2-3H2,1H3. The molecular weight excluding hydrogens is 328 g/mol. The van der Waals surface area contributed by atoms with Crippen LogP contribution in [0.15, 0.2) is 29.0 Å². The van der Waals surface area contributed by atoms with Gasteiger partial charge in [0.1, 0.15) is 6.26 Å². The second kappa shape index (κ2) is 5.40. The topological polar surface area (TPSA) is 89.3 Å². The summed E-state index contributed by atoms with van der Waals surface area (Å²) >= 11 is 6.11. The fourth-order valence-corrected chi connectivity index (χ4v) is 3.01. The smallest absolute Gasteiger partial charge is 0.229 e. The Bertz CT molecular complexity index is 840. The molecule has 1 N–H and O–H groups in total. The molecule has 8 heteroatoms. The lowest BCUT2D eigenvalue weighted by atomic mass is 10.0. The van der Waals surface area contributed by atoms with E-state index in [1.165, 1.54) is 24.5 Å². The number of anilines is 1. The molecule has 6 nitrogen and oxygen atoms in total. The SMILES string of the molecule is CS(=O)(=O)Nc1ccc(C(=O)c2conc2C2CC2)c(Cl)c1. The molecule has 3 rings (SSSR count). The second-order valence-electron chi connectivity index (χ2n) is 5.29. The average molecular weight is 341 g/mol. The number of halogens is 1. The lowest BCUT2D eigenvalue weighted by Crippen LogP contribution is -2.10. The second-order valence-corrected chi connectivity index (χ2v) is 7.44. The number of sulfonamides is 1. The molecule has 1 aliphatic carbocycles. The quantitative estimate of drug-likeness (QED) is 0.845. The van der Waals surface area contributed by atoms with Gasteiger partial charge in [0.15, 0.2) is 5.78 Å². The number of ketones is 1. The summed E-state index contributed by atoms with van der Waals surface area (Å²) < 4.78 is 29.6. The van der Waals surface area contributed by atoms with Crippen molar-refractivity contribution >= 4 is 33.1 Å². The van der Waals surface area contributed by atoms with Crippen LogP contribution >= 0.6 is 11.6 Å². The number of rotatable bonds is 5. The maximum atomic E-state index is 12.6. The molecule has 116 valence electrons. The molecule has 1 heterocycles. The van der Waals surface area contributed by atoms with E-state index in [-0.39, 0.29) is 22.3 Å². The van der Waals surface area contributed by atoms with Crippen LogP contribution < -0.4 is 4.72 Å². The van der Waals surface area contributed by atoms with Gasteiger partial charge in [0.25, 0.3) is 0 Å². The molecule has 0 bridgehead atoms. The van der Waals surface area contributed by atoms with E-state index in [0.29, 0.717) is 16.9 Å². The molecule has 0 atom stereocenters. The molecule has 0 aliphatic heterocycles. The van der Waals surface area contributed by atoms with E-state index < -0.39 is 10.0 Å². The Labute approximate surface area is 132 Å². The zero-order chi connectivity index (χ0) is 15.9. The van der Waals surface area contributed by atoms with Crippen molar-refractivity contribution in [3.05, 3.63) is 46.3 Å². The van der Waals surface area contributed by atoms with Crippen LogP contribution in [0.5, 0.6) is 0 Å². The lowest BCUT2D eigenvalue weighted by molar-refractivity contribution is 0.103. The number of nitrogens with one attached hydrogen (secondary N) is 1. The molecule has 1 aromatic heterocycles. The van der Waals surface area contributed by atoms with E-state index in [1.807, 2.05) is 0 Å². The molecular formula is C14H13ClN2O4S. The summed E-state index contributed by atoms with van der Waals surface area (Å²) in [4.78, 5) is 12.6. The van der Waals surface area contributed by atoms with E-state index >= 15 is 0 Å². The van der Waals surface area contributed by atoms with E-state index in [0.717, 1.165) is 19.1 Å². The highest BCUT2D eigenvalue weighted by Crippen LogP contribution is 2.41. The summed E-state index contributed by atoms with van der Waals surface area (Å²) in [6.07, 6.45) is 4.36. The highest BCUT2D eigenvalue weighted by molar-refractivity contribution is 7.92. The van der Waals surface area contributed by atoms with Crippen LogP contribution in [-0.4, -0.2) is 25.6 Å². The largest absolute Gasteiger partial charge is 0.364 e. The summed E-state index contributed by atoms with van der Waals surface area (Å²) in [5, 5.41) is 4.06. The molecule has 1 aromatic carbocycles. The number of hydrogen-bond donors (Lipinski definition) is 1. The van der Waals surface area contributed by atoms with Gasteiger partial charge in [0, 0.05) is 17.2 Å². The Kier molecular flexibility index (Phi) is 3.70. The maximum absolute atomic E-state index is 12.6. The number of carbonyl (C=O) groups is 1. The van der Waals surface area contributed by atoms with Crippen LogP contribution in [0.1, 0.15) is 40.4 Å². The van der Waals surface area contributed by atoms with Crippen LogP contribution in [-0.2, 0) is 10.0 Å². The summed E-state index contributed by atoms with van der Waals surface area (Å²) in [6.45, 7) is 0. The Morgan fingerprint density at radius 3 is 2.68 bits per heavy atom. The number of hydrogen-bond acceptors (Lipinski definition) is 5. The van der Waals surface area contributed by atoms with Gasteiger partial charge in [-0.3, -0.25) is 9.52 Å². The molecule has 1 aliphatic rings. The summed E-state index contributed by atoms with van der Waals surface area (Å²) in [7, 11) is -3.40. The fraction of sp³-hybridized carbons (Fsp3) is 0.286. The predicted molar refractivity (Wildman–Crippen MR) is 81.8 cm³/mol. The molecule has 2 aromatic rings. The molecule has 0 unspecified atom stereocenters. The molecule has 0 spiro atoms. The van der Waals surface area contributed by atoms with Crippen molar-refractivity contribution in [1.82, 2.24) is 5.16 Å². The minimum absolute atomic E-state index is 0.168. The molecule has 1 fully saturated rings. The van der Waals surface area contributed by atoms with Gasteiger partial charge in [-0.2, -0.15) is 0 Å². The highest BCUT2D eigenvalue weighted by Gasteiger charge is 2.32. The van der Waals surface area contributed by atoms with Crippen molar-refractivity contribution in [1.29, 1.82) is 0 Å². The monoisotopic (exact) mass is 340 g/mol. The van der Waals surface area contributed by atoms with Crippen LogP contribution in [0.25, 0.3) is 0 Å². The van der Waals surface area contributed by atoms with Crippen LogP contribution in [0, 0.1) is 0 Å². The van der Waals surface area contributed by atoms with Crippen molar-refractivity contribution in [2.45, 2.75) is 18.8 Å². The van der Waals surface area contributed by atoms with Gasteiger partial charge in [-0.25, -0.2) is 8.42 Å². The molecule has 1 saturated carbocycles. The van der Waals surface area contributed by atoms with Crippen molar-refractivity contribution in [3.8, 4) is 0 Å². The third-order valence-corrected chi connectivity index (χ3v) is 4.24. The summed E-state index contributed by atoms with van der Waals surface area (Å²) in [5.41, 5.74) is 1.66. The van der Waals surface area contributed by atoms with Gasteiger partial charge >= 0.3 is 0 Å². The Hall–Kier alpha value is -1.86. The predicted octanol–water partition coefficient (Wildman–Crippen LogP) is 2.81. The van der Waals surface area contributed by atoms with Crippen LogP contribution in [0.4, 0.5) is 5.69 Å². The van der Waals surface area contributed by atoms with Crippen molar-refractivity contribution in [2.75, 3.05) is 11.0 Å². The first-order valence-corrected chi connectivity index (χ1v) is 8.88. The van der Waals surface area contributed by atoms with E-state index in [1.54, 1.807) is 0 Å². The highest BCUT2D eigenvalue weighted by atomic mass is 35.5. The third-order valence-electron chi connectivity index (χ3n) is 3.32. The first-order chi connectivity index (χ1) is 10.3. The van der Waals surface area contributed by atoms with Gasteiger partial charge in [-0.05, 0) is 31.0 Å². The zero-order valence-corrected chi connectivity index (χ0v) is 13.2. The lowest BCUT2D eigenvalue weighted by Gasteiger charge is -2.07. The average Bonchev–Trinajstić information content (AvgIpc) is 3.14. The van der Waals surface area contributed by atoms with Gasteiger partial charge in [-0.15, -0.1) is 0 Å². The zero-order valence-electron chi connectivity index (χ0n) is 11.7. The first kappa shape index (κ1) is 15.1. The van der Waals surface area contributed by atoms with Crippen molar-refractivity contribution in [3.63, 3.8) is 0 Å². The normalized spacial score (nSPS) is 14.8. The number of nitrogens with zero attached hydrogens (tertiary/aromatic N) is 1. The summed E-state index contributed by atoms with van der Waals surface area (Å²) in [5.74, 6) is 0.00158. The Balaban J connectivity index is 1.91. The number of benzene rings is 1. The first-order valence-electron chi connectivity index (χ1n) is 6.61. The third kappa shape index (κ3) is 3.15. The number of carbonyl (C=O) groups excluding carboxylic acids is 1. The van der Waals surface area contributed by atoms with Crippen molar-refractivity contribution in [2.24, 2.45) is 0 Å². The van der Waals surface area contributed by atoms with Gasteiger partial charge in [0.2, 0.25) is 10.0 Å². The molecule has 0 radical (unpaired) electrons. The molecule has 0 saturated heterocycles. The van der Waals surface area contributed by atoms with Gasteiger partial charge in [-0.1, -0.05) is 16.8 Å². The van der Waals surface area contributed by atoms with Crippen LogP contribution in [0.3, 0.4) is 0 Å². The Morgan fingerprint density at radius 1 is 1.36 bits per heavy atom. The fourth-order valence-electron chi connectivity index (χ4n) is 2.19. The molecule has 22 heavy (non-hydrogen) atoms. The van der Waals surface area contributed by atoms with Crippen LogP contribution in [0.2, 0.25) is 5.02 Å². The van der Waals surface area contributed by atoms with E-state index in [4.69, 9.17) is 16.1 Å². The van der Waals surface area contributed by atoms with Crippen molar-refractivity contribution < 1.29 is 17.7 Å². The minimum atomic E-state index is -3.40. The van der Waals surface area contributed by atoms with E-state index in [2.05, 4.69) is 9.88 Å². The van der Waals surface area contributed by atoms with Gasteiger partial charge < -0.3 is 4.52 Å². The summed E-state index contributed by atoms with van der Waals surface area (Å²) in [6, 6.07) is 4.38. The molecule has 0 amide bonds. The minimum Gasteiger partial charge on any atom is -0.364 e. The maximum Gasteiger partial charge on any atom is 0.229 e.